The molecule has 0 amide bonds. The van der Waals surface area contributed by atoms with E-state index in [2.05, 4.69) is 24.0 Å². The van der Waals surface area contributed by atoms with Gasteiger partial charge in [-0.25, -0.2) is 4.98 Å². The van der Waals surface area contributed by atoms with Crippen LogP contribution in [-0.4, -0.2) is 10.8 Å². The van der Waals surface area contributed by atoms with Crippen LogP contribution in [0.5, 0.6) is 0 Å². The second-order valence-corrected chi connectivity index (χ2v) is 7.40. The number of carbonyl (C=O) groups is 1. The van der Waals surface area contributed by atoms with Crippen LogP contribution in [0.1, 0.15) is 39.9 Å². The van der Waals surface area contributed by atoms with Crippen molar-refractivity contribution in [3.63, 3.8) is 0 Å². The molecule has 23 heavy (non-hydrogen) atoms. The summed E-state index contributed by atoms with van der Waals surface area (Å²) in [6.07, 6.45) is 8.95. The molecule has 3 aromatic rings. The Morgan fingerprint density at radius 3 is 2.87 bits per heavy atom. The summed E-state index contributed by atoms with van der Waals surface area (Å²) in [7, 11) is 0. The highest BCUT2D eigenvalue weighted by Gasteiger charge is 2.17. The predicted octanol–water partition coefficient (Wildman–Crippen LogP) is 4.29. The van der Waals surface area contributed by atoms with Gasteiger partial charge in [-0.05, 0) is 48.9 Å². The quantitative estimate of drug-likeness (QED) is 0.702. The van der Waals surface area contributed by atoms with Crippen LogP contribution in [0.3, 0.4) is 0 Å². The van der Waals surface area contributed by atoms with E-state index in [0.29, 0.717) is 12.8 Å². The number of nitrogens with zero attached hydrogens (tertiary/aromatic N) is 1. The van der Waals surface area contributed by atoms with Gasteiger partial charge in [0.05, 0.1) is 12.7 Å². The summed E-state index contributed by atoms with van der Waals surface area (Å²) in [4.78, 5) is 18.0. The number of hydrogen-bond donors (Lipinski definition) is 0. The molecule has 1 aliphatic carbocycles. The van der Waals surface area contributed by atoms with Gasteiger partial charge in [0.1, 0.15) is 16.4 Å². The Hall–Kier alpha value is -1.94. The molecule has 3 nitrogen and oxygen atoms in total. The van der Waals surface area contributed by atoms with Crippen molar-refractivity contribution >= 4 is 28.1 Å². The van der Waals surface area contributed by atoms with Crippen molar-refractivity contribution in [3.8, 4) is 0 Å². The van der Waals surface area contributed by atoms with Gasteiger partial charge in [-0.15, -0.1) is 11.3 Å². The van der Waals surface area contributed by atoms with Gasteiger partial charge in [0.25, 0.3) is 0 Å². The van der Waals surface area contributed by atoms with E-state index in [1.807, 2.05) is 6.20 Å². The maximum atomic E-state index is 12.4. The first-order valence-electron chi connectivity index (χ1n) is 8.20. The molecule has 0 fully saturated rings. The third-order valence-corrected chi connectivity index (χ3v) is 5.70. The highest BCUT2D eigenvalue weighted by Crippen LogP contribution is 2.30. The summed E-state index contributed by atoms with van der Waals surface area (Å²) in [6, 6.07) is 4.38. The third-order valence-electron chi connectivity index (χ3n) is 4.55. The number of aryl methyl sites for hydroxylation is 3. The minimum absolute atomic E-state index is 0.199. The molecule has 118 valence electrons. The van der Waals surface area contributed by atoms with Crippen LogP contribution in [0.4, 0.5) is 0 Å². The number of ketones is 1. The summed E-state index contributed by atoms with van der Waals surface area (Å²) in [6.45, 7) is 2.11. The number of aromatic nitrogens is 1. The van der Waals surface area contributed by atoms with E-state index in [1.165, 1.54) is 22.4 Å². The van der Waals surface area contributed by atoms with Crippen molar-refractivity contribution < 1.29 is 9.21 Å². The molecular formula is C19H19NO2S. The summed E-state index contributed by atoms with van der Waals surface area (Å²) >= 11 is 1.64. The van der Waals surface area contributed by atoms with E-state index < -0.39 is 0 Å². The number of carbonyl (C=O) groups excluding carboxylic acids is 1. The molecule has 0 radical (unpaired) electrons. The second kappa shape index (κ2) is 5.93. The van der Waals surface area contributed by atoms with Gasteiger partial charge in [-0.1, -0.05) is 6.92 Å². The monoisotopic (exact) mass is 325 g/mol. The van der Waals surface area contributed by atoms with Crippen molar-refractivity contribution in [2.45, 2.75) is 45.4 Å². The minimum atomic E-state index is 0.199. The summed E-state index contributed by atoms with van der Waals surface area (Å²) in [5, 5.41) is 2.02. The van der Waals surface area contributed by atoms with Crippen LogP contribution >= 0.6 is 11.3 Å². The lowest BCUT2D eigenvalue weighted by Crippen LogP contribution is -2.05. The van der Waals surface area contributed by atoms with Gasteiger partial charge in [-0.2, -0.15) is 0 Å². The van der Waals surface area contributed by atoms with Gasteiger partial charge in [0.15, 0.2) is 0 Å². The van der Waals surface area contributed by atoms with Crippen LogP contribution in [0.15, 0.2) is 29.0 Å². The summed E-state index contributed by atoms with van der Waals surface area (Å²) in [5.74, 6) is 0.199. The molecule has 0 bridgehead atoms. The van der Waals surface area contributed by atoms with Crippen LogP contribution in [-0.2, 0) is 36.9 Å². The molecular weight excluding hydrogens is 306 g/mol. The number of Topliss-reactive ketones (excluding diaryl/α,β-unsaturated/α-hetero) is 1. The molecule has 0 N–H and O–H groups in total. The summed E-state index contributed by atoms with van der Waals surface area (Å²) < 4.78 is 5.68. The maximum absolute atomic E-state index is 12.4. The van der Waals surface area contributed by atoms with Crippen LogP contribution in [0, 0.1) is 0 Å². The van der Waals surface area contributed by atoms with Crippen molar-refractivity contribution in [3.05, 3.63) is 51.2 Å². The number of rotatable bonds is 5. The fraction of sp³-hybridized carbons (Fsp3) is 0.368. The number of benzene rings is 1. The van der Waals surface area contributed by atoms with E-state index in [0.717, 1.165) is 40.8 Å². The van der Waals surface area contributed by atoms with Crippen LogP contribution in [0.2, 0.25) is 0 Å². The van der Waals surface area contributed by atoms with Crippen LogP contribution in [0.25, 0.3) is 11.0 Å². The molecule has 0 atom stereocenters. The fourth-order valence-electron chi connectivity index (χ4n) is 3.32. The van der Waals surface area contributed by atoms with Gasteiger partial charge < -0.3 is 4.42 Å². The Morgan fingerprint density at radius 1 is 1.26 bits per heavy atom. The normalized spacial score (nSPS) is 13.6. The predicted molar refractivity (Wildman–Crippen MR) is 92.1 cm³/mol. The zero-order chi connectivity index (χ0) is 15.8. The zero-order valence-corrected chi connectivity index (χ0v) is 14.0. The topological polar surface area (TPSA) is 43.1 Å². The minimum Gasteiger partial charge on any atom is -0.464 e. The van der Waals surface area contributed by atoms with E-state index in [9.17, 15) is 4.79 Å². The first-order valence-corrected chi connectivity index (χ1v) is 9.01. The molecule has 0 spiro atoms. The van der Waals surface area contributed by atoms with E-state index in [-0.39, 0.29) is 5.78 Å². The third kappa shape index (κ3) is 2.83. The Labute approximate surface area is 139 Å². The second-order valence-electron chi connectivity index (χ2n) is 6.20. The molecule has 1 aromatic carbocycles. The van der Waals surface area contributed by atoms with E-state index in [4.69, 9.17) is 4.42 Å². The molecule has 2 aromatic heterocycles. The lowest BCUT2D eigenvalue weighted by atomic mass is 10.0. The number of furan rings is 1. The molecule has 2 heterocycles. The van der Waals surface area contributed by atoms with Crippen molar-refractivity contribution in [1.82, 2.24) is 4.98 Å². The Kier molecular flexibility index (Phi) is 3.77. The average molecular weight is 325 g/mol. The number of fused-ring (bicyclic) bond motifs is 2. The molecule has 4 heteroatoms. The number of hydrogen-bond acceptors (Lipinski definition) is 4. The SMILES string of the molecule is CCc1cnc(CC(=O)Cc2coc3cc4c(cc23)CCC4)s1. The Bertz CT molecular complexity index is 875. The lowest BCUT2D eigenvalue weighted by molar-refractivity contribution is -0.117. The molecule has 0 aliphatic heterocycles. The van der Waals surface area contributed by atoms with Crippen molar-refractivity contribution in [2.24, 2.45) is 0 Å². The smallest absolute Gasteiger partial charge is 0.144 e. The molecule has 4 rings (SSSR count). The van der Waals surface area contributed by atoms with E-state index in [1.54, 1.807) is 17.6 Å². The summed E-state index contributed by atoms with van der Waals surface area (Å²) in [5.41, 5.74) is 4.74. The van der Waals surface area contributed by atoms with Gasteiger partial charge in [-0.3, -0.25) is 4.79 Å². The first kappa shape index (κ1) is 14.6. The average Bonchev–Trinajstić information content (AvgIpc) is 3.25. The molecule has 0 saturated carbocycles. The standard InChI is InChI=1S/C19H19NO2S/c1-2-16-10-20-19(23-16)9-15(21)6-14-11-22-18-8-13-5-3-4-12(13)7-17(14)18/h7-8,10-11H,2-6,9H2,1H3. The van der Waals surface area contributed by atoms with E-state index >= 15 is 0 Å². The molecule has 0 saturated heterocycles. The van der Waals surface area contributed by atoms with Gasteiger partial charge >= 0.3 is 0 Å². The van der Waals surface area contributed by atoms with Crippen molar-refractivity contribution in [2.75, 3.05) is 0 Å². The maximum Gasteiger partial charge on any atom is 0.144 e. The molecule has 1 aliphatic rings. The fourth-order valence-corrected chi connectivity index (χ4v) is 4.21. The lowest BCUT2D eigenvalue weighted by Gasteiger charge is -2.01. The van der Waals surface area contributed by atoms with Gasteiger partial charge in [0.2, 0.25) is 0 Å². The first-order chi connectivity index (χ1) is 11.2. The highest BCUT2D eigenvalue weighted by atomic mass is 32.1. The van der Waals surface area contributed by atoms with Gasteiger partial charge in [0, 0.05) is 28.4 Å². The largest absolute Gasteiger partial charge is 0.464 e. The zero-order valence-electron chi connectivity index (χ0n) is 13.2. The Balaban J connectivity index is 1.54. The Morgan fingerprint density at radius 2 is 2.09 bits per heavy atom. The molecule has 0 unspecified atom stereocenters. The number of thiazole rings is 1. The highest BCUT2D eigenvalue weighted by molar-refractivity contribution is 7.11. The van der Waals surface area contributed by atoms with Crippen LogP contribution < -0.4 is 0 Å². The van der Waals surface area contributed by atoms with Crippen molar-refractivity contribution in [1.29, 1.82) is 0 Å².